The van der Waals surface area contributed by atoms with Crippen LogP contribution < -0.4 is 0 Å². The Balaban J connectivity index is 1.59. The van der Waals surface area contributed by atoms with Crippen LogP contribution in [0.15, 0.2) is 48.9 Å². The Hall–Kier alpha value is -2.76. The summed E-state index contributed by atoms with van der Waals surface area (Å²) in [6.07, 6.45) is 5.26. The molecule has 1 fully saturated rings. The Labute approximate surface area is 138 Å². The quantitative estimate of drug-likeness (QED) is 0.728. The summed E-state index contributed by atoms with van der Waals surface area (Å²) in [4.78, 5) is 22.9. The van der Waals surface area contributed by atoms with Crippen LogP contribution in [-0.2, 0) is 0 Å². The van der Waals surface area contributed by atoms with Gasteiger partial charge >= 0.3 is 0 Å². The lowest BCUT2D eigenvalue weighted by atomic mass is 10.0. The van der Waals surface area contributed by atoms with E-state index >= 15 is 0 Å². The molecule has 0 aliphatic carbocycles. The van der Waals surface area contributed by atoms with E-state index in [9.17, 15) is 9.18 Å². The van der Waals surface area contributed by atoms with Gasteiger partial charge in [-0.1, -0.05) is 6.07 Å². The van der Waals surface area contributed by atoms with E-state index in [1.54, 1.807) is 30.7 Å². The fourth-order valence-electron chi connectivity index (χ4n) is 3.31. The fourth-order valence-corrected chi connectivity index (χ4v) is 3.31. The molecule has 0 saturated carbocycles. The molecule has 1 amide bonds. The molecule has 3 heterocycles. The molecule has 24 heavy (non-hydrogen) atoms. The standard InChI is InChI=1S/C18H17FN4O/c19-13-6-7-17-16(10-13)21-12-23(17)14-4-3-9-22(11-14)18(24)15-5-1-2-8-20-15/h1-2,5-8,10,12,14H,3-4,9,11H2. The Morgan fingerprint density at radius 3 is 2.96 bits per heavy atom. The van der Waals surface area contributed by atoms with Crippen molar-refractivity contribution >= 4 is 16.9 Å². The van der Waals surface area contributed by atoms with Crippen molar-refractivity contribution in [1.29, 1.82) is 0 Å². The number of piperidine rings is 1. The number of pyridine rings is 1. The summed E-state index contributed by atoms with van der Waals surface area (Å²) in [5, 5.41) is 0. The summed E-state index contributed by atoms with van der Waals surface area (Å²) >= 11 is 0. The highest BCUT2D eigenvalue weighted by molar-refractivity contribution is 5.92. The first-order valence-corrected chi connectivity index (χ1v) is 8.05. The SMILES string of the molecule is O=C(c1ccccn1)N1CCCC(n2cnc3cc(F)ccc32)C1. The van der Waals surface area contributed by atoms with Crippen LogP contribution in [0, 0.1) is 5.82 Å². The van der Waals surface area contributed by atoms with Gasteiger partial charge in [-0.05, 0) is 37.1 Å². The van der Waals surface area contributed by atoms with Gasteiger partial charge in [-0.25, -0.2) is 9.37 Å². The second kappa shape index (κ2) is 6.03. The number of likely N-dealkylation sites (tertiary alicyclic amines) is 1. The number of imidazole rings is 1. The molecule has 1 saturated heterocycles. The van der Waals surface area contributed by atoms with Crippen LogP contribution in [0.2, 0.25) is 0 Å². The zero-order valence-corrected chi connectivity index (χ0v) is 13.1. The molecule has 2 aromatic heterocycles. The van der Waals surface area contributed by atoms with Gasteiger partial charge in [0.25, 0.3) is 5.91 Å². The topological polar surface area (TPSA) is 51.0 Å². The molecule has 5 nitrogen and oxygen atoms in total. The van der Waals surface area contributed by atoms with Gasteiger partial charge in [-0.2, -0.15) is 0 Å². The number of rotatable bonds is 2. The molecule has 0 bridgehead atoms. The Morgan fingerprint density at radius 2 is 2.12 bits per heavy atom. The summed E-state index contributed by atoms with van der Waals surface area (Å²) in [5.41, 5.74) is 2.01. The van der Waals surface area contributed by atoms with Gasteiger partial charge in [0.1, 0.15) is 11.5 Å². The van der Waals surface area contributed by atoms with Gasteiger partial charge in [-0.3, -0.25) is 9.78 Å². The van der Waals surface area contributed by atoms with Gasteiger partial charge in [0.05, 0.1) is 23.4 Å². The zero-order valence-electron chi connectivity index (χ0n) is 13.1. The highest BCUT2D eigenvalue weighted by Gasteiger charge is 2.26. The van der Waals surface area contributed by atoms with E-state index in [1.807, 2.05) is 15.5 Å². The first kappa shape index (κ1) is 14.8. The predicted molar refractivity (Wildman–Crippen MR) is 88.1 cm³/mol. The van der Waals surface area contributed by atoms with E-state index < -0.39 is 0 Å². The number of amides is 1. The summed E-state index contributed by atoms with van der Waals surface area (Å²) in [6, 6.07) is 10.1. The lowest BCUT2D eigenvalue weighted by molar-refractivity contribution is 0.0675. The van der Waals surface area contributed by atoms with Crippen molar-refractivity contribution in [2.75, 3.05) is 13.1 Å². The first-order valence-electron chi connectivity index (χ1n) is 8.05. The number of nitrogens with zero attached hydrogens (tertiary/aromatic N) is 4. The third kappa shape index (κ3) is 2.64. The average molecular weight is 324 g/mol. The Kier molecular flexibility index (Phi) is 3.72. The predicted octanol–water partition coefficient (Wildman–Crippen LogP) is 3.05. The molecule has 0 spiro atoms. The Bertz CT molecular complexity index is 877. The second-order valence-corrected chi connectivity index (χ2v) is 6.05. The van der Waals surface area contributed by atoms with Crippen molar-refractivity contribution in [2.24, 2.45) is 0 Å². The number of fused-ring (bicyclic) bond motifs is 1. The smallest absolute Gasteiger partial charge is 0.272 e. The van der Waals surface area contributed by atoms with Gasteiger partial charge in [0.2, 0.25) is 0 Å². The molecule has 122 valence electrons. The number of halogens is 1. The van der Waals surface area contributed by atoms with Crippen molar-refractivity contribution in [2.45, 2.75) is 18.9 Å². The van der Waals surface area contributed by atoms with Crippen molar-refractivity contribution in [3.05, 3.63) is 60.4 Å². The lowest BCUT2D eigenvalue weighted by Gasteiger charge is -2.33. The maximum atomic E-state index is 13.3. The van der Waals surface area contributed by atoms with Crippen molar-refractivity contribution in [1.82, 2.24) is 19.4 Å². The number of carbonyl (C=O) groups is 1. The van der Waals surface area contributed by atoms with E-state index in [1.165, 1.54) is 12.1 Å². The van der Waals surface area contributed by atoms with Crippen LogP contribution in [0.5, 0.6) is 0 Å². The summed E-state index contributed by atoms with van der Waals surface area (Å²) < 4.78 is 15.4. The minimum atomic E-state index is -0.289. The average Bonchev–Trinajstić information content (AvgIpc) is 3.05. The van der Waals surface area contributed by atoms with Crippen LogP contribution in [0.3, 0.4) is 0 Å². The number of hydrogen-bond donors (Lipinski definition) is 0. The number of aromatic nitrogens is 3. The maximum absolute atomic E-state index is 13.3. The van der Waals surface area contributed by atoms with Gasteiger partial charge in [-0.15, -0.1) is 0 Å². The molecule has 1 unspecified atom stereocenters. The molecule has 6 heteroatoms. The van der Waals surface area contributed by atoms with E-state index in [4.69, 9.17) is 0 Å². The summed E-state index contributed by atoms with van der Waals surface area (Å²) in [6.45, 7) is 1.34. The number of hydrogen-bond acceptors (Lipinski definition) is 3. The minimum Gasteiger partial charge on any atom is -0.335 e. The molecular weight excluding hydrogens is 307 g/mol. The van der Waals surface area contributed by atoms with Gasteiger partial charge < -0.3 is 9.47 Å². The fraction of sp³-hybridized carbons (Fsp3) is 0.278. The highest BCUT2D eigenvalue weighted by Crippen LogP contribution is 2.26. The van der Waals surface area contributed by atoms with E-state index in [0.29, 0.717) is 17.8 Å². The molecule has 0 radical (unpaired) electrons. The second-order valence-electron chi connectivity index (χ2n) is 6.05. The molecule has 1 aromatic carbocycles. The number of benzene rings is 1. The summed E-state index contributed by atoms with van der Waals surface area (Å²) in [5.74, 6) is -0.334. The van der Waals surface area contributed by atoms with Crippen molar-refractivity contribution in [3.63, 3.8) is 0 Å². The first-order chi connectivity index (χ1) is 11.7. The van der Waals surface area contributed by atoms with E-state index in [2.05, 4.69) is 9.97 Å². The minimum absolute atomic E-state index is 0.0456. The van der Waals surface area contributed by atoms with Crippen LogP contribution in [0.25, 0.3) is 11.0 Å². The van der Waals surface area contributed by atoms with E-state index in [0.717, 1.165) is 24.9 Å². The molecule has 1 aliphatic heterocycles. The molecule has 4 rings (SSSR count). The molecular formula is C18H17FN4O. The molecule has 1 atom stereocenters. The van der Waals surface area contributed by atoms with Gasteiger partial charge in [0, 0.05) is 25.4 Å². The van der Waals surface area contributed by atoms with Crippen LogP contribution in [-0.4, -0.2) is 38.4 Å². The zero-order chi connectivity index (χ0) is 16.5. The number of carbonyl (C=O) groups excluding carboxylic acids is 1. The third-order valence-electron chi connectivity index (χ3n) is 4.50. The third-order valence-corrected chi connectivity index (χ3v) is 4.50. The largest absolute Gasteiger partial charge is 0.335 e. The van der Waals surface area contributed by atoms with Gasteiger partial charge in [0.15, 0.2) is 0 Å². The normalized spacial score (nSPS) is 18.0. The molecule has 0 N–H and O–H groups in total. The highest BCUT2D eigenvalue weighted by atomic mass is 19.1. The Morgan fingerprint density at radius 1 is 1.21 bits per heavy atom. The molecule has 1 aliphatic rings. The van der Waals surface area contributed by atoms with E-state index in [-0.39, 0.29) is 17.8 Å². The summed E-state index contributed by atoms with van der Waals surface area (Å²) in [7, 11) is 0. The lowest BCUT2D eigenvalue weighted by Crippen LogP contribution is -2.40. The monoisotopic (exact) mass is 324 g/mol. The van der Waals surface area contributed by atoms with Crippen molar-refractivity contribution in [3.8, 4) is 0 Å². The van der Waals surface area contributed by atoms with Crippen molar-refractivity contribution < 1.29 is 9.18 Å². The molecule has 3 aromatic rings. The van der Waals surface area contributed by atoms with Crippen LogP contribution in [0.4, 0.5) is 4.39 Å². The van der Waals surface area contributed by atoms with Crippen LogP contribution in [0.1, 0.15) is 29.4 Å². The van der Waals surface area contributed by atoms with Crippen LogP contribution >= 0.6 is 0 Å². The maximum Gasteiger partial charge on any atom is 0.272 e.